The number of carbonyl (C=O) groups is 1. The zero-order chi connectivity index (χ0) is 8.43. The fourth-order valence-electron chi connectivity index (χ4n) is 1.52. The molecule has 0 unspecified atom stereocenters. The molecular weight excluding hydrogens is 140 g/mol. The minimum atomic E-state index is 0.0653. The number of ketones is 1. The Kier molecular flexibility index (Phi) is 2.45. The second-order valence-electron chi connectivity index (χ2n) is 3.07. The molecule has 62 valence electrons. The Balaban J connectivity index is 2.58. The number of carbonyl (C=O) groups excluding carboxylic acids is 1. The van der Waals surface area contributed by atoms with Gasteiger partial charge >= 0.3 is 0 Å². The summed E-state index contributed by atoms with van der Waals surface area (Å²) in [5.41, 5.74) is 0. The van der Waals surface area contributed by atoms with E-state index in [0.29, 0.717) is 0 Å². The molecule has 1 heterocycles. The van der Waals surface area contributed by atoms with Crippen LogP contribution in [0.2, 0.25) is 0 Å². The lowest BCUT2D eigenvalue weighted by Gasteiger charge is -2.08. The third-order valence-corrected chi connectivity index (χ3v) is 2.23. The molecule has 1 fully saturated rings. The lowest BCUT2D eigenvalue weighted by Crippen LogP contribution is -2.18. The molecule has 1 aliphatic rings. The molecule has 0 aromatic heterocycles. The van der Waals surface area contributed by atoms with Crippen molar-refractivity contribution in [3.63, 3.8) is 0 Å². The van der Waals surface area contributed by atoms with E-state index >= 15 is 0 Å². The SMILES string of the molecule is C=C[C@H]1C[C@@H](C(C)=O)[C@@H](C)O1. The molecule has 0 aromatic rings. The Labute approximate surface area is 67.2 Å². The smallest absolute Gasteiger partial charge is 0.135 e. The predicted octanol–water partition coefficient (Wildman–Crippen LogP) is 1.55. The monoisotopic (exact) mass is 154 g/mol. The molecule has 0 radical (unpaired) electrons. The average Bonchev–Trinajstić information content (AvgIpc) is 2.30. The Hall–Kier alpha value is -0.630. The topological polar surface area (TPSA) is 26.3 Å². The summed E-state index contributed by atoms with van der Waals surface area (Å²) in [6.45, 7) is 7.20. The summed E-state index contributed by atoms with van der Waals surface area (Å²) < 4.78 is 5.45. The van der Waals surface area contributed by atoms with Crippen molar-refractivity contribution >= 4 is 5.78 Å². The number of ether oxygens (including phenoxy) is 1. The summed E-state index contributed by atoms with van der Waals surface area (Å²) in [5, 5.41) is 0. The van der Waals surface area contributed by atoms with Crippen molar-refractivity contribution in [2.24, 2.45) is 5.92 Å². The van der Waals surface area contributed by atoms with Crippen molar-refractivity contribution < 1.29 is 9.53 Å². The van der Waals surface area contributed by atoms with Crippen LogP contribution in [0.4, 0.5) is 0 Å². The lowest BCUT2D eigenvalue weighted by molar-refractivity contribution is -0.122. The molecule has 0 spiro atoms. The van der Waals surface area contributed by atoms with E-state index in [1.54, 1.807) is 13.0 Å². The first-order valence-corrected chi connectivity index (χ1v) is 3.93. The maximum atomic E-state index is 11.0. The van der Waals surface area contributed by atoms with E-state index in [-0.39, 0.29) is 23.9 Å². The molecule has 1 rings (SSSR count). The summed E-state index contributed by atoms with van der Waals surface area (Å²) in [7, 11) is 0. The van der Waals surface area contributed by atoms with Crippen LogP contribution in [0.15, 0.2) is 12.7 Å². The first-order valence-electron chi connectivity index (χ1n) is 3.93. The van der Waals surface area contributed by atoms with Crippen molar-refractivity contribution in [1.82, 2.24) is 0 Å². The third kappa shape index (κ3) is 1.69. The van der Waals surface area contributed by atoms with Crippen LogP contribution in [0.3, 0.4) is 0 Å². The summed E-state index contributed by atoms with van der Waals surface area (Å²) in [4.78, 5) is 11.0. The Morgan fingerprint density at radius 3 is 2.64 bits per heavy atom. The lowest BCUT2D eigenvalue weighted by atomic mass is 9.96. The van der Waals surface area contributed by atoms with Gasteiger partial charge in [0.15, 0.2) is 0 Å². The number of rotatable bonds is 2. The maximum Gasteiger partial charge on any atom is 0.135 e. The number of hydrogen-bond donors (Lipinski definition) is 0. The summed E-state index contributed by atoms with van der Waals surface area (Å²) in [6.07, 6.45) is 2.72. The third-order valence-electron chi connectivity index (χ3n) is 2.23. The molecular formula is C9H14O2. The molecule has 1 saturated heterocycles. The Morgan fingerprint density at radius 2 is 2.36 bits per heavy atom. The number of hydrogen-bond acceptors (Lipinski definition) is 2. The van der Waals surface area contributed by atoms with Gasteiger partial charge in [-0.15, -0.1) is 6.58 Å². The van der Waals surface area contributed by atoms with Gasteiger partial charge in [-0.1, -0.05) is 6.08 Å². The largest absolute Gasteiger partial charge is 0.370 e. The van der Waals surface area contributed by atoms with E-state index in [0.717, 1.165) is 6.42 Å². The fourth-order valence-corrected chi connectivity index (χ4v) is 1.52. The van der Waals surface area contributed by atoms with Crippen LogP contribution in [0, 0.1) is 5.92 Å². The molecule has 0 aromatic carbocycles. The summed E-state index contributed by atoms with van der Waals surface area (Å²) >= 11 is 0. The van der Waals surface area contributed by atoms with Gasteiger partial charge in [-0.05, 0) is 20.3 Å². The van der Waals surface area contributed by atoms with Crippen molar-refractivity contribution in [3.8, 4) is 0 Å². The zero-order valence-corrected chi connectivity index (χ0v) is 7.04. The molecule has 11 heavy (non-hydrogen) atoms. The molecule has 0 N–H and O–H groups in total. The van der Waals surface area contributed by atoms with Gasteiger partial charge in [-0.3, -0.25) is 4.79 Å². The van der Waals surface area contributed by atoms with Gasteiger partial charge in [-0.25, -0.2) is 0 Å². The van der Waals surface area contributed by atoms with Crippen LogP contribution >= 0.6 is 0 Å². The van der Waals surface area contributed by atoms with E-state index in [4.69, 9.17) is 4.74 Å². The first-order chi connectivity index (χ1) is 5.15. The van der Waals surface area contributed by atoms with Crippen LogP contribution < -0.4 is 0 Å². The standard InChI is InChI=1S/C9H14O2/c1-4-8-5-9(6(2)10)7(3)11-8/h4,7-9H,1,5H2,2-3H3/t7-,8+,9+/m1/s1. The second-order valence-corrected chi connectivity index (χ2v) is 3.07. The second kappa shape index (κ2) is 3.18. The van der Waals surface area contributed by atoms with Crippen molar-refractivity contribution in [2.75, 3.05) is 0 Å². The average molecular weight is 154 g/mol. The molecule has 0 aliphatic carbocycles. The molecule has 0 amide bonds. The van der Waals surface area contributed by atoms with Crippen molar-refractivity contribution in [3.05, 3.63) is 12.7 Å². The van der Waals surface area contributed by atoms with E-state index in [1.165, 1.54) is 0 Å². The van der Waals surface area contributed by atoms with Gasteiger partial charge in [0.05, 0.1) is 12.2 Å². The van der Waals surface area contributed by atoms with Crippen LogP contribution in [0.25, 0.3) is 0 Å². The van der Waals surface area contributed by atoms with Gasteiger partial charge in [0.2, 0.25) is 0 Å². The fraction of sp³-hybridized carbons (Fsp3) is 0.667. The summed E-state index contributed by atoms with van der Waals surface area (Å²) in [5.74, 6) is 0.305. The van der Waals surface area contributed by atoms with Crippen LogP contribution in [0.1, 0.15) is 20.3 Å². The van der Waals surface area contributed by atoms with Gasteiger partial charge in [0, 0.05) is 5.92 Å². The van der Waals surface area contributed by atoms with Crippen LogP contribution in [-0.2, 0) is 9.53 Å². The Bertz CT molecular complexity index is 174. The van der Waals surface area contributed by atoms with Crippen molar-refractivity contribution in [2.45, 2.75) is 32.5 Å². The quantitative estimate of drug-likeness (QED) is 0.564. The van der Waals surface area contributed by atoms with Gasteiger partial charge in [0.1, 0.15) is 5.78 Å². The van der Waals surface area contributed by atoms with Crippen LogP contribution in [0.5, 0.6) is 0 Å². The minimum absolute atomic E-state index is 0.0653. The van der Waals surface area contributed by atoms with Gasteiger partial charge in [-0.2, -0.15) is 0 Å². The highest BCUT2D eigenvalue weighted by molar-refractivity contribution is 5.79. The molecule has 2 nitrogen and oxygen atoms in total. The van der Waals surface area contributed by atoms with Gasteiger partial charge < -0.3 is 4.74 Å². The summed E-state index contributed by atoms with van der Waals surface area (Å²) in [6, 6.07) is 0. The minimum Gasteiger partial charge on any atom is -0.370 e. The van der Waals surface area contributed by atoms with E-state index in [2.05, 4.69) is 6.58 Å². The van der Waals surface area contributed by atoms with E-state index < -0.39 is 0 Å². The maximum absolute atomic E-state index is 11.0. The first kappa shape index (κ1) is 8.47. The van der Waals surface area contributed by atoms with E-state index in [1.807, 2.05) is 6.92 Å². The van der Waals surface area contributed by atoms with Crippen molar-refractivity contribution in [1.29, 1.82) is 0 Å². The normalized spacial score (nSPS) is 37.1. The molecule has 1 aliphatic heterocycles. The highest BCUT2D eigenvalue weighted by Gasteiger charge is 2.33. The molecule has 2 heteroatoms. The predicted molar refractivity (Wildman–Crippen MR) is 43.3 cm³/mol. The Morgan fingerprint density at radius 1 is 1.73 bits per heavy atom. The van der Waals surface area contributed by atoms with E-state index in [9.17, 15) is 4.79 Å². The highest BCUT2D eigenvalue weighted by Crippen LogP contribution is 2.27. The van der Waals surface area contributed by atoms with Crippen LogP contribution in [-0.4, -0.2) is 18.0 Å². The number of Topliss-reactive ketones (excluding diaryl/α,β-unsaturated/α-hetero) is 1. The molecule has 0 saturated carbocycles. The zero-order valence-electron chi connectivity index (χ0n) is 7.04. The molecule has 3 atom stereocenters. The van der Waals surface area contributed by atoms with Gasteiger partial charge in [0.25, 0.3) is 0 Å². The highest BCUT2D eigenvalue weighted by atomic mass is 16.5. The molecule has 0 bridgehead atoms.